The number of unbranched alkanes of at least 4 members (excludes halogenated alkanes) is 1. The van der Waals surface area contributed by atoms with Crippen LogP contribution in [0.2, 0.25) is 0 Å². The molecule has 3 heteroatoms. The normalized spacial score (nSPS) is 17.9. The van der Waals surface area contributed by atoms with E-state index < -0.39 is 0 Å². The summed E-state index contributed by atoms with van der Waals surface area (Å²) in [6, 6.07) is 31.4. The third kappa shape index (κ3) is 3.74. The predicted octanol–water partition coefficient (Wildman–Crippen LogP) is 8.03. The molecule has 162 valence electrons. The molecule has 1 aliphatic heterocycles. The maximum absolute atomic E-state index is 6.77. The summed E-state index contributed by atoms with van der Waals surface area (Å²) in [7, 11) is 0. The van der Waals surface area contributed by atoms with Crippen molar-refractivity contribution in [3.63, 3.8) is 0 Å². The largest absolute Gasteiger partial charge is 0.461 e. The lowest BCUT2D eigenvalue weighted by Gasteiger charge is -2.41. The van der Waals surface area contributed by atoms with Crippen molar-refractivity contribution >= 4 is 5.69 Å². The minimum Gasteiger partial charge on any atom is -0.461 e. The van der Waals surface area contributed by atoms with Crippen molar-refractivity contribution in [3.05, 3.63) is 113 Å². The van der Waals surface area contributed by atoms with E-state index in [9.17, 15) is 0 Å². The molecule has 1 aliphatic rings. The standard InChI is InChI=1S/C29H29NO2/c1-3-4-20-25-26-21(2)31-29(23-16-10-6-11-17-23)27(26)28(22-14-8-5-9-15-22)30(32-25)24-18-12-7-13-19-24/h5-19,25,28H,3-4,20H2,1-2H3/t25-,28+/m1/s1. The first kappa shape index (κ1) is 20.6. The average Bonchev–Trinajstić information content (AvgIpc) is 3.21. The SMILES string of the molecule is CCCC[C@H]1ON(c2ccccc2)[C@@H](c2ccccc2)c2c(-c3ccccc3)oc(C)c21. The van der Waals surface area contributed by atoms with Crippen LogP contribution in [0.5, 0.6) is 0 Å². The Morgan fingerprint density at radius 1 is 0.781 bits per heavy atom. The molecule has 0 saturated carbocycles. The summed E-state index contributed by atoms with van der Waals surface area (Å²) in [5.74, 6) is 1.89. The molecule has 3 nitrogen and oxygen atoms in total. The van der Waals surface area contributed by atoms with Crippen molar-refractivity contribution in [1.82, 2.24) is 0 Å². The molecule has 0 saturated heterocycles. The zero-order chi connectivity index (χ0) is 21.9. The van der Waals surface area contributed by atoms with Crippen molar-refractivity contribution in [2.75, 3.05) is 5.06 Å². The molecule has 0 bridgehead atoms. The van der Waals surface area contributed by atoms with Gasteiger partial charge in [0.2, 0.25) is 0 Å². The van der Waals surface area contributed by atoms with Crippen LogP contribution in [0.15, 0.2) is 95.4 Å². The smallest absolute Gasteiger partial charge is 0.140 e. The Balaban J connectivity index is 1.76. The fourth-order valence-corrected chi connectivity index (χ4v) is 4.73. The second kappa shape index (κ2) is 9.05. The number of hydroxylamine groups is 1. The van der Waals surface area contributed by atoms with Crippen LogP contribution >= 0.6 is 0 Å². The number of hydrogen-bond donors (Lipinski definition) is 0. The molecule has 2 atom stereocenters. The van der Waals surface area contributed by atoms with Crippen molar-refractivity contribution < 1.29 is 9.25 Å². The predicted molar refractivity (Wildman–Crippen MR) is 129 cm³/mol. The average molecular weight is 424 g/mol. The van der Waals surface area contributed by atoms with Gasteiger partial charge in [-0.15, -0.1) is 0 Å². The molecule has 0 unspecified atom stereocenters. The van der Waals surface area contributed by atoms with E-state index in [1.807, 2.05) is 12.1 Å². The van der Waals surface area contributed by atoms with Gasteiger partial charge >= 0.3 is 0 Å². The van der Waals surface area contributed by atoms with Crippen molar-refractivity contribution in [1.29, 1.82) is 0 Å². The maximum atomic E-state index is 6.77. The second-order valence-electron chi connectivity index (χ2n) is 8.39. The van der Waals surface area contributed by atoms with Crippen LogP contribution in [0.3, 0.4) is 0 Å². The van der Waals surface area contributed by atoms with E-state index in [1.165, 1.54) is 16.7 Å². The molecule has 0 fully saturated rings. The molecule has 32 heavy (non-hydrogen) atoms. The first-order chi connectivity index (χ1) is 15.8. The van der Waals surface area contributed by atoms with E-state index in [0.29, 0.717) is 0 Å². The van der Waals surface area contributed by atoms with Gasteiger partial charge in [-0.1, -0.05) is 98.6 Å². The van der Waals surface area contributed by atoms with Crippen LogP contribution in [-0.2, 0) is 4.84 Å². The van der Waals surface area contributed by atoms with E-state index in [4.69, 9.17) is 9.25 Å². The fraction of sp³-hybridized carbons (Fsp3) is 0.241. The number of nitrogens with zero attached hydrogens (tertiary/aromatic N) is 1. The number of rotatable bonds is 6. The molecule has 0 radical (unpaired) electrons. The molecule has 1 aromatic heterocycles. The van der Waals surface area contributed by atoms with Gasteiger partial charge in [0, 0.05) is 16.7 Å². The summed E-state index contributed by atoms with van der Waals surface area (Å²) in [6.45, 7) is 4.30. The number of para-hydroxylation sites is 1. The Morgan fingerprint density at radius 3 is 2.06 bits per heavy atom. The zero-order valence-electron chi connectivity index (χ0n) is 18.7. The van der Waals surface area contributed by atoms with Gasteiger partial charge in [-0.05, 0) is 31.0 Å². The van der Waals surface area contributed by atoms with E-state index in [2.05, 4.69) is 97.8 Å². The Morgan fingerprint density at radius 2 is 1.41 bits per heavy atom. The third-order valence-corrected chi connectivity index (χ3v) is 6.22. The number of furan rings is 1. The maximum Gasteiger partial charge on any atom is 0.140 e. The van der Waals surface area contributed by atoms with E-state index in [-0.39, 0.29) is 12.1 Å². The van der Waals surface area contributed by atoms with Gasteiger partial charge in [-0.25, -0.2) is 5.06 Å². The van der Waals surface area contributed by atoms with Crippen LogP contribution in [0.4, 0.5) is 5.69 Å². The van der Waals surface area contributed by atoms with Crippen molar-refractivity contribution in [2.24, 2.45) is 0 Å². The Hall–Kier alpha value is -3.30. The van der Waals surface area contributed by atoms with Crippen LogP contribution in [0.1, 0.15) is 60.8 Å². The second-order valence-corrected chi connectivity index (χ2v) is 8.39. The first-order valence-electron chi connectivity index (χ1n) is 11.5. The highest BCUT2D eigenvalue weighted by atomic mass is 16.7. The fourth-order valence-electron chi connectivity index (χ4n) is 4.73. The lowest BCUT2D eigenvalue weighted by molar-refractivity contribution is 0.000473. The van der Waals surface area contributed by atoms with Gasteiger partial charge in [0.15, 0.2) is 0 Å². The van der Waals surface area contributed by atoms with Crippen LogP contribution in [0, 0.1) is 6.92 Å². The van der Waals surface area contributed by atoms with Gasteiger partial charge < -0.3 is 4.42 Å². The Labute approximate surface area is 190 Å². The number of benzene rings is 3. The van der Waals surface area contributed by atoms with Gasteiger partial charge in [0.05, 0.1) is 5.69 Å². The zero-order valence-corrected chi connectivity index (χ0v) is 18.7. The monoisotopic (exact) mass is 423 g/mol. The lowest BCUT2D eigenvalue weighted by atomic mass is 9.87. The molecule has 0 spiro atoms. The number of aryl methyl sites for hydroxylation is 1. The van der Waals surface area contributed by atoms with Gasteiger partial charge in [-0.2, -0.15) is 0 Å². The summed E-state index contributed by atoms with van der Waals surface area (Å²) < 4.78 is 6.49. The summed E-state index contributed by atoms with van der Waals surface area (Å²) in [6.07, 6.45) is 3.16. The van der Waals surface area contributed by atoms with Gasteiger partial charge in [0.1, 0.15) is 23.7 Å². The van der Waals surface area contributed by atoms with E-state index in [1.54, 1.807) is 0 Å². The molecular formula is C29H29NO2. The quantitative estimate of drug-likeness (QED) is 0.314. The van der Waals surface area contributed by atoms with Crippen LogP contribution < -0.4 is 5.06 Å². The molecule has 2 heterocycles. The minimum atomic E-state index is -0.0980. The lowest BCUT2D eigenvalue weighted by Crippen LogP contribution is -2.36. The van der Waals surface area contributed by atoms with E-state index >= 15 is 0 Å². The Kier molecular flexibility index (Phi) is 5.83. The molecular weight excluding hydrogens is 394 g/mol. The number of anilines is 1. The highest BCUT2D eigenvalue weighted by molar-refractivity contribution is 5.69. The molecule has 4 aromatic rings. The van der Waals surface area contributed by atoms with Gasteiger partial charge in [0.25, 0.3) is 0 Å². The number of hydrogen-bond acceptors (Lipinski definition) is 3. The van der Waals surface area contributed by atoms with Gasteiger partial charge in [-0.3, -0.25) is 4.84 Å². The summed E-state index contributed by atoms with van der Waals surface area (Å²) in [4.78, 5) is 6.77. The highest BCUT2D eigenvalue weighted by Crippen LogP contribution is 2.50. The molecule has 0 aliphatic carbocycles. The number of fused-ring (bicyclic) bond motifs is 1. The van der Waals surface area contributed by atoms with Crippen LogP contribution in [0.25, 0.3) is 11.3 Å². The van der Waals surface area contributed by atoms with Crippen LogP contribution in [-0.4, -0.2) is 0 Å². The molecule has 0 N–H and O–H groups in total. The summed E-state index contributed by atoms with van der Waals surface area (Å²) in [5, 5.41) is 2.10. The van der Waals surface area contributed by atoms with Crippen molar-refractivity contribution in [3.8, 4) is 11.3 Å². The third-order valence-electron chi connectivity index (χ3n) is 6.22. The highest BCUT2D eigenvalue weighted by Gasteiger charge is 2.41. The Bertz CT molecular complexity index is 1150. The summed E-state index contributed by atoms with van der Waals surface area (Å²) in [5.41, 5.74) is 5.76. The summed E-state index contributed by atoms with van der Waals surface area (Å²) >= 11 is 0. The molecule has 0 amide bonds. The topological polar surface area (TPSA) is 25.6 Å². The van der Waals surface area contributed by atoms with E-state index in [0.717, 1.165) is 42.0 Å². The molecule has 3 aromatic carbocycles. The minimum absolute atomic E-state index is 0.0358. The molecule has 5 rings (SSSR count). The first-order valence-corrected chi connectivity index (χ1v) is 11.5. The van der Waals surface area contributed by atoms with Crippen molar-refractivity contribution in [2.45, 2.75) is 45.3 Å².